The number of methoxy groups -OCH3 is 1. The third-order valence-electron chi connectivity index (χ3n) is 4.09. The van der Waals surface area contributed by atoms with E-state index in [1.54, 1.807) is 7.11 Å². The van der Waals surface area contributed by atoms with Gasteiger partial charge in [0.2, 0.25) is 0 Å². The molecule has 2 atom stereocenters. The SMILES string of the molecule is COc1cc(C)cc(C)c1C1CCCCC(N)C1. The van der Waals surface area contributed by atoms with Crippen molar-refractivity contribution < 1.29 is 4.74 Å². The Labute approximate surface area is 111 Å². The number of rotatable bonds is 2. The smallest absolute Gasteiger partial charge is 0.122 e. The average Bonchev–Trinajstić information content (AvgIpc) is 2.52. The van der Waals surface area contributed by atoms with Crippen molar-refractivity contribution in [3.8, 4) is 5.75 Å². The van der Waals surface area contributed by atoms with E-state index in [0.29, 0.717) is 12.0 Å². The molecule has 1 saturated carbocycles. The fourth-order valence-electron chi connectivity index (χ4n) is 3.29. The standard InChI is InChI=1S/C16H25NO/c1-11-8-12(2)16(15(9-11)18-3)13-6-4-5-7-14(17)10-13/h8-9,13-14H,4-7,10,17H2,1-3H3. The van der Waals surface area contributed by atoms with Gasteiger partial charge in [0.05, 0.1) is 7.11 Å². The Morgan fingerprint density at radius 1 is 1.17 bits per heavy atom. The van der Waals surface area contributed by atoms with E-state index >= 15 is 0 Å². The molecule has 1 aromatic rings. The van der Waals surface area contributed by atoms with E-state index in [-0.39, 0.29) is 0 Å². The molecule has 0 amide bonds. The quantitative estimate of drug-likeness (QED) is 0.809. The second-order valence-electron chi connectivity index (χ2n) is 5.67. The zero-order valence-electron chi connectivity index (χ0n) is 11.8. The summed E-state index contributed by atoms with van der Waals surface area (Å²) < 4.78 is 5.60. The Morgan fingerprint density at radius 2 is 1.89 bits per heavy atom. The van der Waals surface area contributed by atoms with Crippen LogP contribution in [0.25, 0.3) is 0 Å². The molecule has 2 heteroatoms. The van der Waals surface area contributed by atoms with Gasteiger partial charge in [0.1, 0.15) is 5.75 Å². The molecule has 2 nitrogen and oxygen atoms in total. The van der Waals surface area contributed by atoms with Gasteiger partial charge in [-0.1, -0.05) is 18.9 Å². The zero-order chi connectivity index (χ0) is 13.1. The molecule has 0 radical (unpaired) electrons. The minimum Gasteiger partial charge on any atom is -0.496 e. The minimum atomic E-state index is 0.350. The third-order valence-corrected chi connectivity index (χ3v) is 4.09. The van der Waals surface area contributed by atoms with Gasteiger partial charge in [0, 0.05) is 11.6 Å². The Hall–Kier alpha value is -1.02. The molecule has 0 heterocycles. The number of ether oxygens (including phenoxy) is 1. The maximum absolute atomic E-state index is 6.19. The van der Waals surface area contributed by atoms with E-state index in [1.807, 2.05) is 0 Å². The summed E-state index contributed by atoms with van der Waals surface area (Å²) in [7, 11) is 1.77. The first-order valence-corrected chi connectivity index (χ1v) is 7.02. The number of hydrogen-bond donors (Lipinski definition) is 1. The second-order valence-corrected chi connectivity index (χ2v) is 5.67. The highest BCUT2D eigenvalue weighted by Crippen LogP contribution is 2.38. The van der Waals surface area contributed by atoms with Crippen molar-refractivity contribution in [2.24, 2.45) is 5.73 Å². The monoisotopic (exact) mass is 247 g/mol. The molecule has 1 aromatic carbocycles. The van der Waals surface area contributed by atoms with Gasteiger partial charge < -0.3 is 10.5 Å². The lowest BCUT2D eigenvalue weighted by Crippen LogP contribution is -2.21. The Bertz CT molecular complexity index is 414. The maximum atomic E-state index is 6.19. The highest BCUT2D eigenvalue weighted by atomic mass is 16.5. The lowest BCUT2D eigenvalue weighted by molar-refractivity contribution is 0.399. The summed E-state index contributed by atoms with van der Waals surface area (Å²) in [5.74, 6) is 1.62. The highest BCUT2D eigenvalue weighted by Gasteiger charge is 2.23. The highest BCUT2D eigenvalue weighted by molar-refractivity contribution is 5.45. The minimum absolute atomic E-state index is 0.350. The summed E-state index contributed by atoms with van der Waals surface area (Å²) in [4.78, 5) is 0. The first-order valence-electron chi connectivity index (χ1n) is 7.02. The van der Waals surface area contributed by atoms with Crippen LogP contribution in [0.2, 0.25) is 0 Å². The van der Waals surface area contributed by atoms with Gasteiger partial charge >= 0.3 is 0 Å². The maximum Gasteiger partial charge on any atom is 0.122 e. The molecule has 2 unspecified atom stereocenters. The Balaban J connectivity index is 2.36. The van der Waals surface area contributed by atoms with Gasteiger partial charge in [-0.25, -0.2) is 0 Å². The van der Waals surface area contributed by atoms with Crippen molar-refractivity contribution in [1.82, 2.24) is 0 Å². The first kappa shape index (κ1) is 13.4. The largest absolute Gasteiger partial charge is 0.496 e. The zero-order valence-corrected chi connectivity index (χ0v) is 11.8. The van der Waals surface area contributed by atoms with E-state index in [9.17, 15) is 0 Å². The van der Waals surface area contributed by atoms with Crippen LogP contribution in [0.15, 0.2) is 12.1 Å². The van der Waals surface area contributed by atoms with E-state index in [4.69, 9.17) is 10.5 Å². The lowest BCUT2D eigenvalue weighted by atomic mass is 9.86. The normalized spacial score (nSPS) is 24.7. The van der Waals surface area contributed by atoms with Crippen molar-refractivity contribution >= 4 is 0 Å². The lowest BCUT2D eigenvalue weighted by Gasteiger charge is -2.22. The van der Waals surface area contributed by atoms with E-state index < -0.39 is 0 Å². The molecule has 0 aromatic heterocycles. The molecule has 18 heavy (non-hydrogen) atoms. The van der Waals surface area contributed by atoms with Crippen LogP contribution in [0, 0.1) is 13.8 Å². The summed E-state index contributed by atoms with van der Waals surface area (Å²) in [5.41, 5.74) is 10.2. The summed E-state index contributed by atoms with van der Waals surface area (Å²) in [6.45, 7) is 4.32. The second kappa shape index (κ2) is 5.75. The molecule has 2 N–H and O–H groups in total. The van der Waals surface area contributed by atoms with E-state index in [0.717, 1.165) is 12.2 Å². The van der Waals surface area contributed by atoms with Crippen LogP contribution in [-0.4, -0.2) is 13.2 Å². The van der Waals surface area contributed by atoms with Crippen LogP contribution in [0.3, 0.4) is 0 Å². The summed E-state index contributed by atoms with van der Waals surface area (Å²) >= 11 is 0. The fraction of sp³-hybridized carbons (Fsp3) is 0.625. The van der Waals surface area contributed by atoms with Crippen LogP contribution in [-0.2, 0) is 0 Å². The Kier molecular flexibility index (Phi) is 4.28. The topological polar surface area (TPSA) is 35.2 Å². The van der Waals surface area contributed by atoms with Gasteiger partial charge in [-0.3, -0.25) is 0 Å². The molecule has 1 aliphatic carbocycles. The number of nitrogens with two attached hydrogens (primary N) is 1. The summed E-state index contributed by atoms with van der Waals surface area (Å²) in [6, 6.07) is 4.76. The Morgan fingerprint density at radius 3 is 2.61 bits per heavy atom. The molecule has 2 rings (SSSR count). The first-order chi connectivity index (χ1) is 8.61. The number of aryl methyl sites for hydroxylation is 2. The van der Waals surface area contributed by atoms with Crippen molar-refractivity contribution in [2.45, 2.75) is 57.9 Å². The van der Waals surface area contributed by atoms with Crippen molar-refractivity contribution in [2.75, 3.05) is 7.11 Å². The van der Waals surface area contributed by atoms with Gasteiger partial charge in [0.25, 0.3) is 0 Å². The summed E-state index contributed by atoms with van der Waals surface area (Å²) in [6.07, 6.45) is 6.07. The molecule has 1 fully saturated rings. The van der Waals surface area contributed by atoms with Crippen molar-refractivity contribution in [1.29, 1.82) is 0 Å². The van der Waals surface area contributed by atoms with Crippen LogP contribution >= 0.6 is 0 Å². The van der Waals surface area contributed by atoms with Crippen molar-refractivity contribution in [3.05, 3.63) is 28.8 Å². The molecule has 0 saturated heterocycles. The van der Waals surface area contributed by atoms with Gasteiger partial charge in [0.15, 0.2) is 0 Å². The molecule has 1 aliphatic rings. The van der Waals surface area contributed by atoms with Gasteiger partial charge in [-0.2, -0.15) is 0 Å². The molecule has 0 bridgehead atoms. The van der Waals surface area contributed by atoms with Crippen LogP contribution in [0.4, 0.5) is 0 Å². The van der Waals surface area contributed by atoms with Crippen molar-refractivity contribution in [3.63, 3.8) is 0 Å². The van der Waals surface area contributed by atoms with Crippen LogP contribution in [0.5, 0.6) is 5.75 Å². The number of hydrogen-bond acceptors (Lipinski definition) is 2. The fourth-order valence-corrected chi connectivity index (χ4v) is 3.29. The van der Waals surface area contributed by atoms with E-state index in [1.165, 1.54) is 42.4 Å². The predicted octanol–water partition coefficient (Wildman–Crippen LogP) is 3.69. The molecule has 0 spiro atoms. The predicted molar refractivity (Wildman–Crippen MR) is 76.3 cm³/mol. The van der Waals surface area contributed by atoms with E-state index in [2.05, 4.69) is 26.0 Å². The number of benzene rings is 1. The van der Waals surface area contributed by atoms with Gasteiger partial charge in [-0.05, 0) is 56.2 Å². The molecular formula is C16H25NO. The van der Waals surface area contributed by atoms with Crippen LogP contribution < -0.4 is 10.5 Å². The third kappa shape index (κ3) is 2.86. The van der Waals surface area contributed by atoms with Gasteiger partial charge in [-0.15, -0.1) is 0 Å². The molecule has 100 valence electrons. The summed E-state index contributed by atoms with van der Waals surface area (Å²) in [5, 5.41) is 0. The average molecular weight is 247 g/mol. The van der Waals surface area contributed by atoms with Crippen LogP contribution in [0.1, 0.15) is 54.7 Å². The molecular weight excluding hydrogens is 222 g/mol. The molecule has 0 aliphatic heterocycles.